The van der Waals surface area contributed by atoms with Gasteiger partial charge in [-0.1, -0.05) is 13.8 Å². The van der Waals surface area contributed by atoms with Gasteiger partial charge in [-0.3, -0.25) is 9.78 Å². The quantitative estimate of drug-likeness (QED) is 0.853. The summed E-state index contributed by atoms with van der Waals surface area (Å²) in [5, 5.41) is 17.3. The maximum atomic E-state index is 12.3. The second kappa shape index (κ2) is 6.70. The van der Waals surface area contributed by atoms with E-state index >= 15 is 0 Å². The Balaban J connectivity index is 2.14. The summed E-state index contributed by atoms with van der Waals surface area (Å²) in [6.45, 7) is 5.89. The summed E-state index contributed by atoms with van der Waals surface area (Å²) in [5.74, 6) is -0.224. The van der Waals surface area contributed by atoms with Crippen LogP contribution >= 0.6 is 0 Å². The Kier molecular flexibility index (Phi) is 4.92. The van der Waals surface area contributed by atoms with Gasteiger partial charge in [0.05, 0.1) is 28.7 Å². The molecule has 0 spiro atoms. The van der Waals surface area contributed by atoms with Crippen LogP contribution in [0.2, 0.25) is 0 Å². The number of carbonyl (C=O) groups is 1. The van der Waals surface area contributed by atoms with Gasteiger partial charge in [-0.2, -0.15) is 5.10 Å². The van der Waals surface area contributed by atoms with Crippen LogP contribution in [-0.4, -0.2) is 37.9 Å². The van der Waals surface area contributed by atoms with E-state index in [2.05, 4.69) is 15.4 Å². The second-order valence-electron chi connectivity index (χ2n) is 5.37. The van der Waals surface area contributed by atoms with Crippen molar-refractivity contribution in [3.05, 3.63) is 42.0 Å². The van der Waals surface area contributed by atoms with Gasteiger partial charge in [-0.15, -0.1) is 0 Å². The van der Waals surface area contributed by atoms with Crippen LogP contribution in [0.3, 0.4) is 0 Å². The van der Waals surface area contributed by atoms with Crippen LogP contribution in [0.5, 0.6) is 0 Å². The standard InChI is InChI=1S/C16H22N4O2/c1-4-16(22,5-2)11-18-15(21)14-10-19-20(12(14)3)13-6-8-17-9-7-13/h6-10,22H,4-5,11H2,1-3H3,(H,18,21). The lowest BCUT2D eigenvalue weighted by molar-refractivity contribution is 0.0314. The van der Waals surface area contributed by atoms with Crippen LogP contribution in [-0.2, 0) is 0 Å². The molecule has 1 amide bonds. The molecular weight excluding hydrogens is 280 g/mol. The normalized spacial score (nSPS) is 11.5. The molecule has 2 N–H and O–H groups in total. The molecule has 22 heavy (non-hydrogen) atoms. The average molecular weight is 302 g/mol. The predicted molar refractivity (Wildman–Crippen MR) is 84.0 cm³/mol. The second-order valence-corrected chi connectivity index (χ2v) is 5.37. The number of hydrogen-bond donors (Lipinski definition) is 2. The number of nitrogens with zero attached hydrogens (tertiary/aromatic N) is 3. The van der Waals surface area contributed by atoms with E-state index < -0.39 is 5.60 Å². The minimum atomic E-state index is -0.856. The SMILES string of the molecule is CCC(O)(CC)CNC(=O)c1cnn(-c2ccncc2)c1C. The molecule has 2 aromatic rings. The van der Waals surface area contributed by atoms with Gasteiger partial charge in [0.1, 0.15) is 0 Å². The van der Waals surface area contributed by atoms with Gasteiger partial charge in [0.25, 0.3) is 5.91 Å². The zero-order valence-corrected chi connectivity index (χ0v) is 13.2. The highest BCUT2D eigenvalue weighted by molar-refractivity contribution is 5.95. The third kappa shape index (κ3) is 3.33. The van der Waals surface area contributed by atoms with E-state index in [-0.39, 0.29) is 12.5 Å². The smallest absolute Gasteiger partial charge is 0.254 e. The monoisotopic (exact) mass is 302 g/mol. The van der Waals surface area contributed by atoms with Crippen LogP contribution in [0.25, 0.3) is 5.69 Å². The van der Waals surface area contributed by atoms with Gasteiger partial charge >= 0.3 is 0 Å². The lowest BCUT2D eigenvalue weighted by Crippen LogP contribution is -2.42. The minimum absolute atomic E-state index is 0.224. The fraction of sp³-hybridized carbons (Fsp3) is 0.438. The molecule has 2 aromatic heterocycles. The van der Waals surface area contributed by atoms with Crippen LogP contribution < -0.4 is 5.32 Å². The summed E-state index contributed by atoms with van der Waals surface area (Å²) in [5.41, 5.74) is 1.25. The van der Waals surface area contributed by atoms with Gasteiger partial charge in [-0.05, 0) is 31.9 Å². The van der Waals surface area contributed by atoms with Gasteiger partial charge in [0.15, 0.2) is 0 Å². The third-order valence-corrected chi connectivity index (χ3v) is 4.06. The molecule has 0 aliphatic heterocycles. The Hall–Kier alpha value is -2.21. The maximum absolute atomic E-state index is 12.3. The van der Waals surface area contributed by atoms with E-state index in [9.17, 15) is 9.90 Å². The minimum Gasteiger partial charge on any atom is -0.388 e. The van der Waals surface area contributed by atoms with Crippen LogP contribution in [0.4, 0.5) is 0 Å². The molecule has 2 heterocycles. The predicted octanol–water partition coefficient (Wildman–Crippen LogP) is 1.86. The van der Waals surface area contributed by atoms with Gasteiger partial charge in [0, 0.05) is 18.9 Å². The highest BCUT2D eigenvalue weighted by Crippen LogP contribution is 2.15. The first-order valence-corrected chi connectivity index (χ1v) is 7.46. The molecule has 6 nitrogen and oxygen atoms in total. The Labute approximate surface area is 130 Å². The summed E-state index contributed by atoms with van der Waals surface area (Å²) < 4.78 is 1.70. The zero-order chi connectivity index (χ0) is 16.2. The molecule has 0 aromatic carbocycles. The van der Waals surface area contributed by atoms with Gasteiger partial charge in [-0.25, -0.2) is 4.68 Å². The molecule has 0 bridgehead atoms. The number of aromatic nitrogens is 3. The van der Waals surface area contributed by atoms with Crippen molar-refractivity contribution in [2.24, 2.45) is 0 Å². The van der Waals surface area contributed by atoms with Crippen molar-refractivity contribution in [1.82, 2.24) is 20.1 Å². The largest absolute Gasteiger partial charge is 0.388 e. The van der Waals surface area contributed by atoms with Crippen molar-refractivity contribution in [2.75, 3.05) is 6.54 Å². The van der Waals surface area contributed by atoms with Gasteiger partial charge in [0.2, 0.25) is 0 Å². The number of pyridine rings is 1. The van der Waals surface area contributed by atoms with E-state index in [1.807, 2.05) is 32.9 Å². The number of rotatable bonds is 6. The fourth-order valence-corrected chi connectivity index (χ4v) is 2.22. The fourth-order valence-electron chi connectivity index (χ4n) is 2.22. The van der Waals surface area contributed by atoms with E-state index in [4.69, 9.17) is 0 Å². The Bertz CT molecular complexity index is 633. The molecule has 6 heteroatoms. The molecule has 0 unspecified atom stereocenters. The summed E-state index contributed by atoms with van der Waals surface area (Å²) in [6, 6.07) is 3.66. The van der Waals surface area contributed by atoms with E-state index in [1.165, 1.54) is 0 Å². The Morgan fingerprint density at radius 3 is 2.55 bits per heavy atom. The molecule has 118 valence electrons. The van der Waals surface area contributed by atoms with E-state index in [0.29, 0.717) is 18.4 Å². The van der Waals surface area contributed by atoms with Crippen molar-refractivity contribution in [3.63, 3.8) is 0 Å². The van der Waals surface area contributed by atoms with Crippen LogP contribution in [0.15, 0.2) is 30.7 Å². The first-order valence-electron chi connectivity index (χ1n) is 7.46. The maximum Gasteiger partial charge on any atom is 0.254 e. The van der Waals surface area contributed by atoms with Crippen molar-refractivity contribution >= 4 is 5.91 Å². The summed E-state index contributed by atoms with van der Waals surface area (Å²) in [7, 11) is 0. The molecule has 0 fully saturated rings. The van der Waals surface area contributed by atoms with Gasteiger partial charge < -0.3 is 10.4 Å². The zero-order valence-electron chi connectivity index (χ0n) is 13.2. The topological polar surface area (TPSA) is 80.0 Å². The molecular formula is C16H22N4O2. The lowest BCUT2D eigenvalue weighted by atomic mass is 9.97. The number of amides is 1. The van der Waals surface area contributed by atoms with Crippen molar-refractivity contribution < 1.29 is 9.90 Å². The first kappa shape index (κ1) is 16.2. The summed E-state index contributed by atoms with van der Waals surface area (Å²) in [4.78, 5) is 16.3. The van der Waals surface area contributed by atoms with E-state index in [0.717, 1.165) is 11.4 Å². The first-order chi connectivity index (χ1) is 10.5. The van der Waals surface area contributed by atoms with Crippen molar-refractivity contribution in [1.29, 1.82) is 0 Å². The lowest BCUT2D eigenvalue weighted by Gasteiger charge is -2.25. The highest BCUT2D eigenvalue weighted by Gasteiger charge is 2.24. The van der Waals surface area contributed by atoms with Crippen molar-refractivity contribution in [2.45, 2.75) is 39.2 Å². The number of carbonyl (C=O) groups excluding carboxylic acids is 1. The van der Waals surface area contributed by atoms with Crippen LogP contribution in [0.1, 0.15) is 42.7 Å². The Morgan fingerprint density at radius 1 is 1.32 bits per heavy atom. The average Bonchev–Trinajstić information content (AvgIpc) is 2.95. The molecule has 0 radical (unpaired) electrons. The van der Waals surface area contributed by atoms with Crippen LogP contribution in [0, 0.1) is 6.92 Å². The molecule has 0 aliphatic carbocycles. The third-order valence-electron chi connectivity index (χ3n) is 4.06. The molecule has 0 saturated heterocycles. The molecule has 0 saturated carbocycles. The van der Waals surface area contributed by atoms with E-state index in [1.54, 1.807) is 23.3 Å². The Morgan fingerprint density at radius 2 is 1.95 bits per heavy atom. The molecule has 2 rings (SSSR count). The number of aliphatic hydroxyl groups is 1. The molecule has 0 atom stereocenters. The number of hydrogen-bond acceptors (Lipinski definition) is 4. The van der Waals surface area contributed by atoms with Crippen molar-refractivity contribution in [3.8, 4) is 5.69 Å². The molecule has 0 aliphatic rings. The highest BCUT2D eigenvalue weighted by atomic mass is 16.3. The number of nitrogens with one attached hydrogen (secondary N) is 1. The summed E-state index contributed by atoms with van der Waals surface area (Å²) in [6.07, 6.45) is 6.09. The summed E-state index contributed by atoms with van der Waals surface area (Å²) >= 11 is 0.